The number of hydrogen-bond donors (Lipinski definition) is 2. The molecule has 3 rings (SSSR count). The zero-order valence-electron chi connectivity index (χ0n) is 9.78. The van der Waals surface area contributed by atoms with Crippen LogP contribution >= 0.6 is 0 Å². The second kappa shape index (κ2) is 3.84. The number of nitrogens with one attached hydrogen (secondary N) is 1. The highest BCUT2D eigenvalue weighted by Gasteiger charge is 2.45. The van der Waals surface area contributed by atoms with E-state index in [4.69, 9.17) is 5.11 Å². The Bertz CT molecular complexity index is 427. The van der Waals surface area contributed by atoms with E-state index in [0.717, 1.165) is 25.9 Å². The molecule has 1 aromatic heterocycles. The zero-order valence-corrected chi connectivity index (χ0v) is 9.78. The molecule has 1 aliphatic heterocycles. The molecule has 1 spiro atoms. The summed E-state index contributed by atoms with van der Waals surface area (Å²) in [6.07, 6.45) is 4.95. The van der Waals surface area contributed by atoms with Crippen LogP contribution in [0.25, 0.3) is 0 Å². The average molecular weight is 235 g/mol. The van der Waals surface area contributed by atoms with Crippen LogP contribution in [0.3, 0.4) is 0 Å². The number of rotatable bonds is 2. The smallest absolute Gasteiger partial charge is 0.274 e. The second-order valence-corrected chi connectivity index (χ2v) is 5.23. The number of aromatic amines is 1. The molecule has 1 amide bonds. The molecule has 0 atom stereocenters. The number of amides is 1. The van der Waals surface area contributed by atoms with E-state index in [-0.39, 0.29) is 12.5 Å². The Balaban J connectivity index is 1.65. The van der Waals surface area contributed by atoms with Gasteiger partial charge in [-0.05, 0) is 37.2 Å². The van der Waals surface area contributed by atoms with Crippen molar-refractivity contribution in [2.75, 3.05) is 13.1 Å². The number of carbonyl (C=O) groups is 1. The average Bonchev–Trinajstić information content (AvgIpc) is 2.95. The Morgan fingerprint density at radius 2 is 2.12 bits per heavy atom. The van der Waals surface area contributed by atoms with Crippen molar-refractivity contribution in [2.24, 2.45) is 5.41 Å². The van der Waals surface area contributed by atoms with Gasteiger partial charge in [-0.25, -0.2) is 0 Å². The summed E-state index contributed by atoms with van der Waals surface area (Å²) in [6.45, 7) is 1.59. The van der Waals surface area contributed by atoms with Crippen LogP contribution < -0.4 is 0 Å². The lowest BCUT2D eigenvalue weighted by atomic mass is 9.93. The van der Waals surface area contributed by atoms with Gasteiger partial charge in [0.1, 0.15) is 5.69 Å². The van der Waals surface area contributed by atoms with Gasteiger partial charge >= 0.3 is 0 Å². The van der Waals surface area contributed by atoms with Crippen LogP contribution in [0.5, 0.6) is 0 Å². The standard InChI is InChI=1S/C12H17N3O2/c16-8-9-7-10(14-13-9)11(17)15-5-3-12(1-2-12)4-6-15/h7,16H,1-6,8H2,(H,13,14). The molecule has 0 radical (unpaired) electrons. The molecule has 0 bridgehead atoms. The molecule has 0 unspecified atom stereocenters. The molecule has 2 heterocycles. The van der Waals surface area contributed by atoms with Crippen LogP contribution in [-0.4, -0.2) is 39.2 Å². The SMILES string of the molecule is O=C(c1cc(CO)[nH]n1)N1CCC2(CC1)CC2. The molecule has 5 nitrogen and oxygen atoms in total. The van der Waals surface area contributed by atoms with Crippen molar-refractivity contribution in [2.45, 2.75) is 32.3 Å². The fraction of sp³-hybridized carbons (Fsp3) is 0.667. The fourth-order valence-electron chi connectivity index (χ4n) is 2.58. The van der Waals surface area contributed by atoms with Gasteiger partial charge in [0.15, 0.2) is 0 Å². The lowest BCUT2D eigenvalue weighted by Gasteiger charge is -2.31. The van der Waals surface area contributed by atoms with E-state index in [1.54, 1.807) is 6.07 Å². The molecule has 17 heavy (non-hydrogen) atoms. The van der Waals surface area contributed by atoms with E-state index in [0.29, 0.717) is 16.8 Å². The minimum atomic E-state index is -0.108. The summed E-state index contributed by atoms with van der Waals surface area (Å²) in [5.41, 5.74) is 1.59. The van der Waals surface area contributed by atoms with Crippen LogP contribution in [0, 0.1) is 5.41 Å². The van der Waals surface area contributed by atoms with Crippen LogP contribution in [-0.2, 0) is 6.61 Å². The molecule has 2 fully saturated rings. The fourth-order valence-corrected chi connectivity index (χ4v) is 2.58. The summed E-state index contributed by atoms with van der Waals surface area (Å²) in [4.78, 5) is 14.0. The Morgan fingerprint density at radius 1 is 1.41 bits per heavy atom. The maximum atomic E-state index is 12.1. The lowest BCUT2D eigenvalue weighted by molar-refractivity contribution is 0.0672. The predicted molar refractivity (Wildman–Crippen MR) is 61.3 cm³/mol. The van der Waals surface area contributed by atoms with Gasteiger partial charge in [0.2, 0.25) is 0 Å². The monoisotopic (exact) mass is 235 g/mol. The Labute approximate surface area is 99.8 Å². The Kier molecular flexibility index (Phi) is 2.43. The van der Waals surface area contributed by atoms with Crippen molar-refractivity contribution < 1.29 is 9.90 Å². The summed E-state index contributed by atoms with van der Waals surface area (Å²) < 4.78 is 0. The highest BCUT2D eigenvalue weighted by Crippen LogP contribution is 2.53. The molecule has 1 aromatic rings. The molecular formula is C12H17N3O2. The van der Waals surface area contributed by atoms with Gasteiger partial charge in [-0.1, -0.05) is 0 Å². The number of carbonyl (C=O) groups excluding carboxylic acids is 1. The predicted octanol–water partition coefficient (Wildman–Crippen LogP) is 0.918. The summed E-state index contributed by atoms with van der Waals surface area (Å²) >= 11 is 0. The van der Waals surface area contributed by atoms with E-state index in [9.17, 15) is 4.79 Å². The number of aliphatic hydroxyl groups excluding tert-OH is 1. The van der Waals surface area contributed by atoms with E-state index in [1.165, 1.54) is 12.8 Å². The van der Waals surface area contributed by atoms with Gasteiger partial charge in [-0.3, -0.25) is 9.89 Å². The third-order valence-electron chi connectivity index (χ3n) is 4.09. The highest BCUT2D eigenvalue weighted by molar-refractivity contribution is 5.92. The Morgan fingerprint density at radius 3 is 2.65 bits per heavy atom. The first kappa shape index (κ1) is 10.8. The maximum Gasteiger partial charge on any atom is 0.274 e. The normalized spacial score (nSPS) is 21.8. The molecule has 1 saturated carbocycles. The van der Waals surface area contributed by atoms with Crippen LogP contribution in [0.2, 0.25) is 0 Å². The van der Waals surface area contributed by atoms with Crippen molar-refractivity contribution >= 4 is 5.91 Å². The number of hydrogen-bond acceptors (Lipinski definition) is 3. The van der Waals surface area contributed by atoms with Gasteiger partial charge in [0.25, 0.3) is 5.91 Å². The molecule has 2 N–H and O–H groups in total. The van der Waals surface area contributed by atoms with Gasteiger partial charge in [-0.2, -0.15) is 5.10 Å². The molecule has 2 aliphatic rings. The molecule has 1 saturated heterocycles. The van der Waals surface area contributed by atoms with Gasteiger partial charge in [-0.15, -0.1) is 0 Å². The third kappa shape index (κ3) is 1.95. The second-order valence-electron chi connectivity index (χ2n) is 5.23. The first-order valence-corrected chi connectivity index (χ1v) is 6.17. The zero-order chi connectivity index (χ0) is 11.9. The van der Waals surface area contributed by atoms with Gasteiger partial charge in [0.05, 0.1) is 12.3 Å². The van der Waals surface area contributed by atoms with Gasteiger partial charge in [0, 0.05) is 13.1 Å². The quantitative estimate of drug-likeness (QED) is 0.800. The molecule has 92 valence electrons. The van der Waals surface area contributed by atoms with Crippen LogP contribution in [0.4, 0.5) is 0 Å². The maximum absolute atomic E-state index is 12.1. The molecule has 0 aromatic carbocycles. The van der Waals surface area contributed by atoms with Crippen molar-refractivity contribution in [1.82, 2.24) is 15.1 Å². The van der Waals surface area contributed by atoms with Crippen molar-refractivity contribution in [3.05, 3.63) is 17.5 Å². The Hall–Kier alpha value is -1.36. The number of aliphatic hydroxyl groups is 1. The third-order valence-corrected chi connectivity index (χ3v) is 4.09. The van der Waals surface area contributed by atoms with Crippen molar-refractivity contribution in [3.63, 3.8) is 0 Å². The summed E-state index contributed by atoms with van der Waals surface area (Å²) in [7, 11) is 0. The summed E-state index contributed by atoms with van der Waals surface area (Å²) in [5, 5.41) is 15.5. The van der Waals surface area contributed by atoms with Crippen LogP contribution in [0.1, 0.15) is 41.9 Å². The molecule has 5 heteroatoms. The first-order valence-electron chi connectivity index (χ1n) is 6.17. The number of nitrogens with zero attached hydrogens (tertiary/aromatic N) is 2. The summed E-state index contributed by atoms with van der Waals surface area (Å²) in [6, 6.07) is 1.63. The van der Waals surface area contributed by atoms with E-state index in [1.807, 2.05) is 4.90 Å². The minimum absolute atomic E-state index is 0.0172. The summed E-state index contributed by atoms with van der Waals surface area (Å²) in [5.74, 6) is -0.0172. The van der Waals surface area contributed by atoms with E-state index in [2.05, 4.69) is 10.2 Å². The first-order chi connectivity index (χ1) is 8.22. The number of piperidine rings is 1. The number of aromatic nitrogens is 2. The van der Waals surface area contributed by atoms with Gasteiger partial charge < -0.3 is 10.0 Å². The molecular weight excluding hydrogens is 218 g/mol. The largest absolute Gasteiger partial charge is 0.390 e. The molecule has 1 aliphatic carbocycles. The van der Waals surface area contributed by atoms with Crippen molar-refractivity contribution in [3.8, 4) is 0 Å². The number of H-pyrrole nitrogens is 1. The van der Waals surface area contributed by atoms with E-state index >= 15 is 0 Å². The lowest BCUT2D eigenvalue weighted by Crippen LogP contribution is -2.39. The van der Waals surface area contributed by atoms with E-state index < -0.39 is 0 Å². The number of likely N-dealkylation sites (tertiary alicyclic amines) is 1. The van der Waals surface area contributed by atoms with Crippen LogP contribution in [0.15, 0.2) is 6.07 Å². The topological polar surface area (TPSA) is 69.2 Å². The minimum Gasteiger partial charge on any atom is -0.390 e. The highest BCUT2D eigenvalue weighted by atomic mass is 16.3. The van der Waals surface area contributed by atoms with Crippen molar-refractivity contribution in [1.29, 1.82) is 0 Å².